The standard InChI is InChI=1S/C4H9NO4/c6-1-3(4(8)9)5-2-7/h3,5-7H,1-2H2,(H,8,9)/t3-/m0/s1. The molecule has 0 aliphatic rings. The third-order valence-electron chi connectivity index (χ3n) is 0.818. The lowest BCUT2D eigenvalue weighted by Crippen LogP contribution is -2.40. The van der Waals surface area contributed by atoms with Crippen LogP contribution in [0.4, 0.5) is 0 Å². The summed E-state index contributed by atoms with van der Waals surface area (Å²) in [7, 11) is 0. The predicted octanol–water partition coefficient (Wildman–Crippen LogP) is -2.03. The van der Waals surface area contributed by atoms with Crippen LogP contribution in [0.2, 0.25) is 0 Å². The number of carboxylic acids is 1. The Kier molecular flexibility index (Phi) is 3.94. The molecule has 0 rings (SSSR count). The molecule has 0 radical (unpaired) electrons. The molecule has 0 unspecified atom stereocenters. The van der Waals surface area contributed by atoms with E-state index < -0.39 is 25.3 Å². The number of carboxylic acid groups (broad SMARTS) is 1. The van der Waals surface area contributed by atoms with Gasteiger partial charge in [-0.3, -0.25) is 10.1 Å². The summed E-state index contributed by atoms with van der Waals surface area (Å²) < 4.78 is 0. The fraction of sp³-hybridized carbons (Fsp3) is 0.750. The van der Waals surface area contributed by atoms with E-state index in [-0.39, 0.29) is 0 Å². The number of carbonyl (C=O) groups is 1. The fourth-order valence-electron chi connectivity index (χ4n) is 0.340. The molecule has 0 aromatic carbocycles. The number of hydrogen-bond acceptors (Lipinski definition) is 4. The van der Waals surface area contributed by atoms with Gasteiger partial charge in [-0.05, 0) is 0 Å². The first-order valence-electron chi connectivity index (χ1n) is 2.40. The maximum Gasteiger partial charge on any atom is 0.323 e. The average Bonchev–Trinajstić information content (AvgIpc) is 1.82. The van der Waals surface area contributed by atoms with Crippen molar-refractivity contribution in [2.24, 2.45) is 0 Å². The van der Waals surface area contributed by atoms with Gasteiger partial charge in [-0.2, -0.15) is 0 Å². The number of aliphatic carboxylic acids is 1. The Morgan fingerprint density at radius 1 is 1.56 bits per heavy atom. The molecule has 0 aliphatic heterocycles. The Labute approximate surface area is 51.9 Å². The van der Waals surface area contributed by atoms with Gasteiger partial charge in [0.1, 0.15) is 6.04 Å². The number of aliphatic hydroxyl groups is 2. The first-order valence-corrected chi connectivity index (χ1v) is 2.40. The van der Waals surface area contributed by atoms with Crippen molar-refractivity contribution in [3.63, 3.8) is 0 Å². The molecule has 54 valence electrons. The lowest BCUT2D eigenvalue weighted by atomic mass is 10.3. The largest absolute Gasteiger partial charge is 0.480 e. The molecule has 4 N–H and O–H groups in total. The SMILES string of the molecule is O=C(O)[C@H](CO)NCO. The van der Waals surface area contributed by atoms with E-state index in [1.165, 1.54) is 0 Å². The predicted molar refractivity (Wildman–Crippen MR) is 28.7 cm³/mol. The second-order valence-corrected chi connectivity index (χ2v) is 1.44. The van der Waals surface area contributed by atoms with Crippen LogP contribution >= 0.6 is 0 Å². The first kappa shape index (κ1) is 8.35. The van der Waals surface area contributed by atoms with E-state index in [1.807, 2.05) is 0 Å². The highest BCUT2D eigenvalue weighted by atomic mass is 16.4. The van der Waals surface area contributed by atoms with Crippen LogP contribution in [0.25, 0.3) is 0 Å². The van der Waals surface area contributed by atoms with Crippen molar-refractivity contribution < 1.29 is 20.1 Å². The molecule has 0 aromatic heterocycles. The van der Waals surface area contributed by atoms with Gasteiger partial charge in [-0.15, -0.1) is 0 Å². The van der Waals surface area contributed by atoms with Crippen molar-refractivity contribution in [1.82, 2.24) is 5.32 Å². The highest BCUT2D eigenvalue weighted by Gasteiger charge is 2.13. The van der Waals surface area contributed by atoms with Gasteiger partial charge in [0, 0.05) is 0 Å². The Bertz CT molecular complexity index is 94.6. The number of hydrogen-bond donors (Lipinski definition) is 4. The third-order valence-corrected chi connectivity index (χ3v) is 0.818. The fourth-order valence-corrected chi connectivity index (χ4v) is 0.340. The summed E-state index contributed by atoms with van der Waals surface area (Å²) in [5, 5.41) is 26.7. The topological polar surface area (TPSA) is 89.8 Å². The van der Waals surface area contributed by atoms with Crippen LogP contribution in [-0.4, -0.2) is 40.7 Å². The molecule has 0 spiro atoms. The molecule has 0 aliphatic carbocycles. The summed E-state index contributed by atoms with van der Waals surface area (Å²) >= 11 is 0. The quantitative estimate of drug-likeness (QED) is 0.334. The van der Waals surface area contributed by atoms with Gasteiger partial charge in [-0.1, -0.05) is 0 Å². The lowest BCUT2D eigenvalue weighted by molar-refractivity contribution is -0.140. The van der Waals surface area contributed by atoms with Crippen LogP contribution in [0.15, 0.2) is 0 Å². The summed E-state index contributed by atoms with van der Waals surface area (Å²) in [5.41, 5.74) is 0. The Morgan fingerprint density at radius 2 is 2.11 bits per heavy atom. The maximum atomic E-state index is 9.99. The number of nitrogens with one attached hydrogen (secondary N) is 1. The zero-order valence-electron chi connectivity index (χ0n) is 4.74. The minimum atomic E-state index is -1.17. The van der Waals surface area contributed by atoms with Crippen LogP contribution in [0, 0.1) is 0 Å². The summed E-state index contributed by atoms with van der Waals surface area (Å²) in [6, 6.07) is -1.06. The third kappa shape index (κ3) is 3.02. The van der Waals surface area contributed by atoms with E-state index in [4.69, 9.17) is 15.3 Å². The van der Waals surface area contributed by atoms with Gasteiger partial charge >= 0.3 is 5.97 Å². The number of aliphatic hydroxyl groups excluding tert-OH is 2. The monoisotopic (exact) mass is 135 g/mol. The highest BCUT2D eigenvalue weighted by Crippen LogP contribution is 1.78. The Morgan fingerprint density at radius 3 is 2.22 bits per heavy atom. The van der Waals surface area contributed by atoms with E-state index in [2.05, 4.69) is 5.32 Å². The maximum absolute atomic E-state index is 9.99. The molecule has 0 aromatic rings. The second-order valence-electron chi connectivity index (χ2n) is 1.44. The molecule has 0 bridgehead atoms. The molecule has 5 nitrogen and oxygen atoms in total. The van der Waals surface area contributed by atoms with Crippen LogP contribution in [0.3, 0.4) is 0 Å². The molecule has 5 heteroatoms. The Balaban J connectivity index is 3.54. The molecule has 0 saturated heterocycles. The smallest absolute Gasteiger partial charge is 0.323 e. The molecule has 0 fully saturated rings. The van der Waals surface area contributed by atoms with E-state index in [0.29, 0.717) is 0 Å². The molecule has 0 amide bonds. The average molecular weight is 135 g/mol. The van der Waals surface area contributed by atoms with Crippen LogP contribution in [0.5, 0.6) is 0 Å². The summed E-state index contributed by atoms with van der Waals surface area (Å²) in [4.78, 5) is 9.99. The molecular weight excluding hydrogens is 126 g/mol. The van der Waals surface area contributed by atoms with Crippen molar-refractivity contribution >= 4 is 5.97 Å². The van der Waals surface area contributed by atoms with Crippen LogP contribution < -0.4 is 5.32 Å². The van der Waals surface area contributed by atoms with Crippen molar-refractivity contribution in [3.8, 4) is 0 Å². The first-order chi connectivity index (χ1) is 4.22. The van der Waals surface area contributed by atoms with Gasteiger partial charge in [0.2, 0.25) is 0 Å². The second kappa shape index (κ2) is 4.25. The Hall–Kier alpha value is -0.650. The van der Waals surface area contributed by atoms with Crippen LogP contribution in [0.1, 0.15) is 0 Å². The van der Waals surface area contributed by atoms with Gasteiger partial charge in [-0.25, -0.2) is 0 Å². The normalized spacial score (nSPS) is 13.1. The van der Waals surface area contributed by atoms with E-state index in [1.54, 1.807) is 0 Å². The molecular formula is C4H9NO4. The molecule has 0 saturated carbocycles. The summed E-state index contributed by atoms with van der Waals surface area (Å²) in [5.74, 6) is -1.17. The minimum absolute atomic E-state index is 0.447. The molecule has 9 heavy (non-hydrogen) atoms. The highest BCUT2D eigenvalue weighted by molar-refractivity contribution is 5.73. The van der Waals surface area contributed by atoms with Gasteiger partial charge in [0.15, 0.2) is 0 Å². The van der Waals surface area contributed by atoms with Crippen molar-refractivity contribution in [1.29, 1.82) is 0 Å². The zero-order chi connectivity index (χ0) is 7.28. The van der Waals surface area contributed by atoms with Crippen molar-refractivity contribution in [3.05, 3.63) is 0 Å². The zero-order valence-corrected chi connectivity index (χ0v) is 4.74. The summed E-state index contributed by atoms with van der Waals surface area (Å²) in [6.45, 7) is -0.965. The van der Waals surface area contributed by atoms with Gasteiger partial charge in [0.05, 0.1) is 13.3 Å². The van der Waals surface area contributed by atoms with E-state index >= 15 is 0 Å². The van der Waals surface area contributed by atoms with Gasteiger partial charge < -0.3 is 15.3 Å². The minimum Gasteiger partial charge on any atom is -0.480 e. The number of rotatable bonds is 4. The van der Waals surface area contributed by atoms with E-state index in [9.17, 15) is 4.79 Å². The van der Waals surface area contributed by atoms with Gasteiger partial charge in [0.25, 0.3) is 0 Å². The van der Waals surface area contributed by atoms with E-state index in [0.717, 1.165) is 0 Å². The van der Waals surface area contributed by atoms with Crippen molar-refractivity contribution in [2.45, 2.75) is 6.04 Å². The van der Waals surface area contributed by atoms with Crippen molar-refractivity contribution in [2.75, 3.05) is 13.3 Å². The summed E-state index contributed by atoms with van der Waals surface area (Å²) in [6.07, 6.45) is 0. The lowest BCUT2D eigenvalue weighted by Gasteiger charge is -2.06. The van der Waals surface area contributed by atoms with Crippen LogP contribution in [-0.2, 0) is 4.79 Å². The molecule has 1 atom stereocenters. The molecule has 0 heterocycles.